The van der Waals surface area contributed by atoms with Gasteiger partial charge >= 0.3 is 0 Å². The highest BCUT2D eigenvalue weighted by Gasteiger charge is 2.42. The lowest BCUT2D eigenvalue weighted by Crippen LogP contribution is -2.32. The van der Waals surface area contributed by atoms with E-state index in [1.165, 1.54) is 0 Å². The van der Waals surface area contributed by atoms with E-state index in [4.69, 9.17) is 0 Å². The monoisotopic (exact) mass is 310 g/mol. The van der Waals surface area contributed by atoms with Crippen molar-refractivity contribution < 1.29 is 16.8 Å². The maximum absolute atomic E-state index is 12.2. The Morgan fingerprint density at radius 1 is 0.800 bits per heavy atom. The fourth-order valence-corrected chi connectivity index (χ4v) is 7.86. The molecule has 0 aliphatic carbocycles. The molecular formula is C14H14O4S2. The first-order chi connectivity index (χ1) is 9.40. The predicted molar refractivity (Wildman–Crippen MR) is 78.9 cm³/mol. The molecule has 3 rings (SSSR count). The van der Waals surface area contributed by atoms with Crippen molar-refractivity contribution in [3.63, 3.8) is 0 Å². The topological polar surface area (TPSA) is 68.3 Å². The summed E-state index contributed by atoms with van der Waals surface area (Å²) in [4.78, 5) is 0. The molecule has 2 aromatic rings. The second-order valence-corrected chi connectivity index (χ2v) is 9.74. The van der Waals surface area contributed by atoms with Gasteiger partial charge in [-0.05, 0) is 28.8 Å². The van der Waals surface area contributed by atoms with Gasteiger partial charge in [0.25, 0.3) is 0 Å². The fraction of sp³-hybridized carbons (Fsp3) is 0.286. The van der Waals surface area contributed by atoms with Crippen molar-refractivity contribution in [1.82, 2.24) is 0 Å². The van der Waals surface area contributed by atoms with E-state index in [-0.39, 0.29) is 17.9 Å². The Balaban J connectivity index is 2.22. The molecule has 20 heavy (non-hydrogen) atoms. The zero-order chi connectivity index (χ0) is 14.4. The second kappa shape index (κ2) is 4.56. The summed E-state index contributed by atoms with van der Waals surface area (Å²) in [5.74, 6) is -0.132. The zero-order valence-corrected chi connectivity index (χ0v) is 12.3. The molecule has 0 radical (unpaired) electrons. The van der Waals surface area contributed by atoms with E-state index in [1.807, 2.05) is 24.3 Å². The highest BCUT2D eigenvalue weighted by atomic mass is 32.3. The average molecular weight is 310 g/mol. The van der Waals surface area contributed by atoms with Crippen molar-refractivity contribution in [2.75, 3.05) is 11.5 Å². The first-order valence-electron chi connectivity index (χ1n) is 6.32. The molecule has 1 fully saturated rings. The third kappa shape index (κ3) is 2.23. The van der Waals surface area contributed by atoms with E-state index in [0.29, 0.717) is 5.56 Å². The fourth-order valence-electron chi connectivity index (χ4n) is 2.67. The molecule has 1 aliphatic heterocycles. The van der Waals surface area contributed by atoms with Crippen LogP contribution in [-0.2, 0) is 19.7 Å². The Morgan fingerprint density at radius 2 is 1.40 bits per heavy atom. The molecule has 0 aromatic heterocycles. The second-order valence-electron chi connectivity index (χ2n) is 5.03. The Bertz CT molecular complexity index is 833. The largest absolute Gasteiger partial charge is 0.227 e. The molecule has 106 valence electrons. The maximum Gasteiger partial charge on any atom is 0.187 e. The van der Waals surface area contributed by atoms with Gasteiger partial charge in [-0.3, -0.25) is 0 Å². The molecule has 0 spiro atoms. The summed E-state index contributed by atoms with van der Waals surface area (Å²) in [7, 11) is -7.28. The van der Waals surface area contributed by atoms with Crippen LogP contribution in [0.3, 0.4) is 0 Å². The van der Waals surface area contributed by atoms with Crippen LogP contribution in [0.2, 0.25) is 0 Å². The van der Waals surface area contributed by atoms with Gasteiger partial charge in [0.15, 0.2) is 24.3 Å². The lowest BCUT2D eigenvalue weighted by Gasteiger charge is -2.23. The number of fused-ring (bicyclic) bond motifs is 1. The van der Waals surface area contributed by atoms with Crippen LogP contribution in [0, 0.1) is 0 Å². The van der Waals surface area contributed by atoms with Gasteiger partial charge in [-0.25, -0.2) is 16.8 Å². The molecule has 1 heterocycles. The summed E-state index contributed by atoms with van der Waals surface area (Å²) < 4.78 is 47.2. The third-order valence-corrected chi connectivity index (χ3v) is 8.88. The summed E-state index contributed by atoms with van der Waals surface area (Å²) >= 11 is 0. The summed E-state index contributed by atoms with van der Waals surface area (Å²) in [6.45, 7) is 0. The normalized spacial score (nSPS) is 21.8. The molecule has 0 N–H and O–H groups in total. The van der Waals surface area contributed by atoms with Crippen LogP contribution in [0.25, 0.3) is 10.8 Å². The highest BCUT2D eigenvalue weighted by Crippen LogP contribution is 2.35. The summed E-state index contributed by atoms with van der Waals surface area (Å²) in [5.41, 5.74) is 0.350. The quantitative estimate of drug-likeness (QED) is 0.808. The molecule has 0 bridgehead atoms. The number of hydrogen-bond acceptors (Lipinski definition) is 4. The molecule has 0 atom stereocenters. The van der Waals surface area contributed by atoms with Crippen LogP contribution in [0.4, 0.5) is 0 Å². The minimum Gasteiger partial charge on any atom is -0.227 e. The molecule has 2 aromatic carbocycles. The molecule has 1 aliphatic rings. The van der Waals surface area contributed by atoms with Gasteiger partial charge in [-0.15, -0.1) is 0 Å². The smallest absolute Gasteiger partial charge is 0.187 e. The van der Waals surface area contributed by atoms with Crippen LogP contribution < -0.4 is 0 Å². The van der Waals surface area contributed by atoms with Gasteiger partial charge in [-0.1, -0.05) is 36.4 Å². The summed E-state index contributed by atoms with van der Waals surface area (Å²) in [6.07, 6.45) is 0.189. The molecular weight excluding hydrogens is 296 g/mol. The lowest BCUT2D eigenvalue weighted by molar-refractivity contribution is 0.567. The van der Waals surface area contributed by atoms with Crippen LogP contribution in [0.15, 0.2) is 42.5 Å². The van der Waals surface area contributed by atoms with Gasteiger partial charge in [0.05, 0.1) is 11.5 Å². The highest BCUT2D eigenvalue weighted by molar-refractivity contribution is 8.09. The Hall–Kier alpha value is -1.40. The first kappa shape index (κ1) is 13.6. The van der Waals surface area contributed by atoms with Gasteiger partial charge < -0.3 is 0 Å². The summed E-state index contributed by atoms with van der Waals surface area (Å²) in [6, 6.07) is 12.5. The van der Waals surface area contributed by atoms with Gasteiger partial charge in [0, 0.05) is 0 Å². The summed E-state index contributed by atoms with van der Waals surface area (Å²) in [5, 5.41) is 1.81. The van der Waals surface area contributed by atoms with Crippen molar-refractivity contribution in [2.24, 2.45) is 0 Å². The van der Waals surface area contributed by atoms with E-state index >= 15 is 0 Å². The molecule has 0 saturated carbocycles. The predicted octanol–water partition coefficient (Wildman–Crippen LogP) is 2.07. The minimum atomic E-state index is -3.64. The number of hydrogen-bond donors (Lipinski definition) is 0. The van der Waals surface area contributed by atoms with Crippen LogP contribution in [0.5, 0.6) is 0 Å². The van der Waals surface area contributed by atoms with Crippen LogP contribution in [0.1, 0.15) is 16.6 Å². The first-order valence-corrected chi connectivity index (χ1v) is 9.75. The van der Waals surface area contributed by atoms with Crippen LogP contribution >= 0.6 is 0 Å². The number of rotatable bonds is 1. The van der Waals surface area contributed by atoms with Gasteiger partial charge in [0.1, 0.15) is 0 Å². The third-order valence-electron chi connectivity index (χ3n) is 3.56. The standard InChI is InChI=1S/C14H14O4S2/c15-19(16)8-3-9-20(17,18)14(19)13-7-6-11-4-1-2-5-12(11)10-13/h1-2,4-7,10,14H,3,8-9H2. The van der Waals surface area contributed by atoms with Crippen molar-refractivity contribution in [3.05, 3.63) is 48.0 Å². The molecule has 4 nitrogen and oxygen atoms in total. The SMILES string of the molecule is O=S1(=O)CCCS(=O)(=O)C1c1ccc2ccccc2c1. The van der Waals surface area contributed by atoms with Gasteiger partial charge in [0.2, 0.25) is 0 Å². The number of sulfone groups is 2. The van der Waals surface area contributed by atoms with E-state index in [0.717, 1.165) is 10.8 Å². The van der Waals surface area contributed by atoms with Gasteiger partial charge in [-0.2, -0.15) is 0 Å². The Labute approximate surface area is 118 Å². The average Bonchev–Trinajstić information content (AvgIpc) is 2.36. The van der Waals surface area contributed by atoms with E-state index < -0.39 is 24.3 Å². The Morgan fingerprint density at radius 3 is 2.05 bits per heavy atom. The van der Waals surface area contributed by atoms with E-state index in [2.05, 4.69) is 0 Å². The maximum atomic E-state index is 12.2. The lowest BCUT2D eigenvalue weighted by atomic mass is 10.1. The van der Waals surface area contributed by atoms with E-state index in [1.54, 1.807) is 18.2 Å². The van der Waals surface area contributed by atoms with Crippen LogP contribution in [-0.4, -0.2) is 28.3 Å². The molecule has 0 unspecified atom stereocenters. The minimum absolute atomic E-state index is 0.0658. The number of benzene rings is 2. The zero-order valence-electron chi connectivity index (χ0n) is 10.7. The van der Waals surface area contributed by atoms with E-state index in [9.17, 15) is 16.8 Å². The molecule has 6 heteroatoms. The van der Waals surface area contributed by atoms with Crippen molar-refractivity contribution in [2.45, 2.75) is 11.0 Å². The van der Waals surface area contributed by atoms with Crippen molar-refractivity contribution in [1.29, 1.82) is 0 Å². The molecule has 1 saturated heterocycles. The Kier molecular flexibility index (Phi) is 3.10. The molecule has 0 amide bonds. The van der Waals surface area contributed by atoms with Crippen molar-refractivity contribution >= 4 is 30.4 Å². The van der Waals surface area contributed by atoms with Crippen molar-refractivity contribution in [3.8, 4) is 0 Å².